The molecule has 2 atom stereocenters. The number of nitrogens with zero attached hydrogens (tertiary/aromatic N) is 3. The number of carbonyl (C=O) groups excluding carboxylic acids is 1. The van der Waals surface area contributed by atoms with E-state index in [0.29, 0.717) is 24.5 Å². The number of likely N-dealkylation sites (N-methyl/N-ethyl adjacent to an activating group) is 1. The zero-order chi connectivity index (χ0) is 13.1. The molecule has 18 heavy (non-hydrogen) atoms. The van der Waals surface area contributed by atoms with Gasteiger partial charge in [0.2, 0.25) is 5.91 Å². The number of hydrogen-bond acceptors (Lipinski definition) is 3. The summed E-state index contributed by atoms with van der Waals surface area (Å²) in [5, 5.41) is 4.17. The summed E-state index contributed by atoms with van der Waals surface area (Å²) in [6.07, 6.45) is 0.318. The molecular formula is C11H14F2N4O. The first-order valence-corrected chi connectivity index (χ1v) is 5.89. The van der Waals surface area contributed by atoms with Crippen LogP contribution in [0.3, 0.4) is 0 Å². The van der Waals surface area contributed by atoms with Crippen LogP contribution in [-0.2, 0) is 11.3 Å². The predicted molar refractivity (Wildman–Crippen MR) is 60.5 cm³/mol. The number of amides is 1. The fourth-order valence-corrected chi connectivity index (χ4v) is 2.31. The number of alkyl halides is 2. The third-order valence-electron chi connectivity index (χ3n) is 3.60. The van der Waals surface area contributed by atoms with Crippen LogP contribution in [0.5, 0.6) is 0 Å². The number of rotatable bonds is 1. The van der Waals surface area contributed by atoms with Crippen LogP contribution in [0.2, 0.25) is 0 Å². The van der Waals surface area contributed by atoms with E-state index >= 15 is 0 Å². The highest BCUT2D eigenvalue weighted by Gasteiger charge is 2.59. The Balaban J connectivity index is 1.94. The van der Waals surface area contributed by atoms with Crippen molar-refractivity contribution >= 4 is 11.7 Å². The highest BCUT2D eigenvalue weighted by atomic mass is 19.3. The molecule has 0 spiro atoms. The lowest BCUT2D eigenvalue weighted by molar-refractivity contribution is -0.119. The van der Waals surface area contributed by atoms with E-state index in [1.807, 2.05) is 0 Å². The number of halogens is 2. The molecule has 5 nitrogen and oxygen atoms in total. The molecule has 1 fully saturated rings. The molecule has 1 aromatic heterocycles. The average molecular weight is 256 g/mol. The van der Waals surface area contributed by atoms with E-state index in [4.69, 9.17) is 5.73 Å². The number of anilines is 1. The molecule has 2 aliphatic rings. The quantitative estimate of drug-likeness (QED) is 0.804. The van der Waals surface area contributed by atoms with Gasteiger partial charge in [0.25, 0.3) is 5.92 Å². The van der Waals surface area contributed by atoms with Gasteiger partial charge in [-0.1, -0.05) is 0 Å². The van der Waals surface area contributed by atoms with Crippen LogP contribution in [0.1, 0.15) is 24.5 Å². The van der Waals surface area contributed by atoms with Gasteiger partial charge in [-0.15, -0.1) is 0 Å². The monoisotopic (exact) mass is 256 g/mol. The smallest absolute Gasteiger partial charge is 0.257 e. The number of carbonyl (C=O) groups is 1. The second kappa shape index (κ2) is 3.50. The van der Waals surface area contributed by atoms with Crippen molar-refractivity contribution in [3.63, 3.8) is 0 Å². The van der Waals surface area contributed by atoms with Crippen molar-refractivity contribution < 1.29 is 13.6 Å². The minimum atomic E-state index is -2.64. The standard InChI is InChI=1S/C11H14F2N4O/c1-16-9-4-8(6-5-11(6,12)13)15-17(9)3-2-7(14)10(16)18/h4,6-7H,2-3,5,14H2,1H3/t6-,7+/m1/s1. The highest BCUT2D eigenvalue weighted by molar-refractivity contribution is 5.96. The molecule has 0 saturated heterocycles. The van der Waals surface area contributed by atoms with E-state index in [0.717, 1.165) is 0 Å². The maximum atomic E-state index is 13.0. The van der Waals surface area contributed by atoms with Crippen LogP contribution in [0.25, 0.3) is 0 Å². The molecule has 1 aliphatic heterocycles. The van der Waals surface area contributed by atoms with Crippen LogP contribution in [0.15, 0.2) is 6.07 Å². The Morgan fingerprint density at radius 1 is 1.56 bits per heavy atom. The predicted octanol–water partition coefficient (Wildman–Crippen LogP) is 0.699. The lowest BCUT2D eigenvalue weighted by Gasteiger charge is -2.16. The largest absolute Gasteiger partial charge is 0.320 e. The summed E-state index contributed by atoms with van der Waals surface area (Å²) in [5.74, 6) is -3.10. The Morgan fingerprint density at radius 2 is 2.22 bits per heavy atom. The molecule has 1 aliphatic carbocycles. The third kappa shape index (κ3) is 1.61. The van der Waals surface area contributed by atoms with Crippen molar-refractivity contribution in [2.24, 2.45) is 5.73 Å². The van der Waals surface area contributed by atoms with E-state index < -0.39 is 17.9 Å². The summed E-state index contributed by atoms with van der Waals surface area (Å²) in [7, 11) is 1.59. The first-order chi connectivity index (χ1) is 8.40. The van der Waals surface area contributed by atoms with Gasteiger partial charge in [-0.05, 0) is 6.42 Å². The van der Waals surface area contributed by atoms with Crippen molar-refractivity contribution in [2.75, 3.05) is 11.9 Å². The molecule has 2 N–H and O–H groups in total. The first-order valence-electron chi connectivity index (χ1n) is 5.89. The maximum absolute atomic E-state index is 13.0. The summed E-state index contributed by atoms with van der Waals surface area (Å²) in [6.45, 7) is 0.477. The van der Waals surface area contributed by atoms with Crippen LogP contribution in [0.4, 0.5) is 14.6 Å². The molecule has 0 bridgehead atoms. The van der Waals surface area contributed by atoms with Gasteiger partial charge in [0.1, 0.15) is 5.82 Å². The second-order valence-corrected chi connectivity index (χ2v) is 4.96. The van der Waals surface area contributed by atoms with E-state index in [9.17, 15) is 13.6 Å². The van der Waals surface area contributed by atoms with Crippen molar-refractivity contribution in [3.05, 3.63) is 11.8 Å². The molecule has 98 valence electrons. The summed E-state index contributed by atoms with van der Waals surface area (Å²) in [5.41, 5.74) is 6.07. The summed E-state index contributed by atoms with van der Waals surface area (Å²) >= 11 is 0. The Labute approximate surface area is 103 Å². The van der Waals surface area contributed by atoms with Crippen LogP contribution in [-0.4, -0.2) is 34.7 Å². The van der Waals surface area contributed by atoms with Gasteiger partial charge in [-0.3, -0.25) is 9.69 Å². The number of nitrogens with two attached hydrogens (primary N) is 1. The summed E-state index contributed by atoms with van der Waals surface area (Å²) < 4.78 is 27.6. The molecule has 2 heterocycles. The maximum Gasteiger partial charge on any atom is 0.257 e. The van der Waals surface area contributed by atoms with Gasteiger partial charge in [0, 0.05) is 26.1 Å². The van der Waals surface area contributed by atoms with Crippen molar-refractivity contribution in [1.82, 2.24) is 9.78 Å². The molecule has 7 heteroatoms. The average Bonchev–Trinajstić information content (AvgIpc) is 2.81. The number of aromatic nitrogens is 2. The second-order valence-electron chi connectivity index (χ2n) is 4.96. The molecule has 0 radical (unpaired) electrons. The molecule has 1 aromatic rings. The topological polar surface area (TPSA) is 64.2 Å². The molecule has 0 aromatic carbocycles. The summed E-state index contributed by atoms with van der Waals surface area (Å²) in [4.78, 5) is 13.2. The number of fused-ring (bicyclic) bond motifs is 1. The van der Waals surface area contributed by atoms with Gasteiger partial charge >= 0.3 is 0 Å². The normalized spacial score (nSPS) is 30.0. The van der Waals surface area contributed by atoms with E-state index in [1.165, 1.54) is 4.90 Å². The third-order valence-corrected chi connectivity index (χ3v) is 3.60. The number of aryl methyl sites for hydroxylation is 1. The minimum absolute atomic E-state index is 0.152. The summed E-state index contributed by atoms with van der Waals surface area (Å²) in [6, 6.07) is 1.02. The van der Waals surface area contributed by atoms with Gasteiger partial charge in [-0.2, -0.15) is 5.10 Å². The van der Waals surface area contributed by atoms with Gasteiger partial charge in [0.15, 0.2) is 0 Å². The van der Waals surface area contributed by atoms with Gasteiger partial charge in [-0.25, -0.2) is 13.5 Å². The van der Waals surface area contributed by atoms with Gasteiger partial charge < -0.3 is 5.73 Å². The van der Waals surface area contributed by atoms with Gasteiger partial charge in [0.05, 0.1) is 17.7 Å². The fourth-order valence-electron chi connectivity index (χ4n) is 2.31. The lowest BCUT2D eigenvalue weighted by Crippen LogP contribution is -2.40. The van der Waals surface area contributed by atoms with Crippen LogP contribution < -0.4 is 10.6 Å². The zero-order valence-electron chi connectivity index (χ0n) is 9.94. The number of hydrogen-bond donors (Lipinski definition) is 1. The fraction of sp³-hybridized carbons (Fsp3) is 0.636. The molecular weight excluding hydrogens is 242 g/mol. The highest BCUT2D eigenvalue weighted by Crippen LogP contribution is 2.55. The SMILES string of the molecule is CN1C(=O)[C@@H](N)CCn2nc([C@H]3CC3(F)F)cc21. The van der Waals surface area contributed by atoms with E-state index in [-0.39, 0.29) is 12.3 Å². The van der Waals surface area contributed by atoms with Crippen molar-refractivity contribution in [1.29, 1.82) is 0 Å². The van der Waals surface area contributed by atoms with Crippen LogP contribution >= 0.6 is 0 Å². The van der Waals surface area contributed by atoms with Crippen molar-refractivity contribution in [2.45, 2.75) is 37.3 Å². The zero-order valence-corrected chi connectivity index (χ0v) is 9.94. The van der Waals surface area contributed by atoms with E-state index in [1.54, 1.807) is 17.8 Å². The molecule has 1 saturated carbocycles. The Kier molecular flexibility index (Phi) is 2.25. The van der Waals surface area contributed by atoms with E-state index in [2.05, 4.69) is 5.10 Å². The Bertz CT molecular complexity index is 513. The van der Waals surface area contributed by atoms with Crippen molar-refractivity contribution in [3.8, 4) is 0 Å². The first kappa shape index (κ1) is 11.6. The Hall–Kier alpha value is -1.50. The Morgan fingerprint density at radius 3 is 2.83 bits per heavy atom. The molecule has 3 rings (SSSR count). The molecule has 0 unspecified atom stereocenters. The molecule has 1 amide bonds. The lowest BCUT2D eigenvalue weighted by atomic mass is 10.2. The van der Waals surface area contributed by atoms with Crippen LogP contribution in [0, 0.1) is 0 Å². The minimum Gasteiger partial charge on any atom is -0.320 e.